The SMILES string of the molecule is CC(C)COC1CCN(CCCCC(=O)O)C1.Cl. The van der Waals surface area contributed by atoms with Gasteiger partial charge in [0, 0.05) is 26.1 Å². The Morgan fingerprint density at radius 3 is 2.78 bits per heavy atom. The third-order valence-electron chi connectivity index (χ3n) is 3.01. The van der Waals surface area contributed by atoms with Crippen molar-refractivity contribution in [3.63, 3.8) is 0 Å². The minimum Gasteiger partial charge on any atom is -0.481 e. The van der Waals surface area contributed by atoms with Crippen LogP contribution in [0.25, 0.3) is 0 Å². The van der Waals surface area contributed by atoms with E-state index in [4.69, 9.17) is 9.84 Å². The average molecular weight is 280 g/mol. The van der Waals surface area contributed by atoms with E-state index in [0.29, 0.717) is 18.4 Å². The molecule has 1 rings (SSSR count). The maximum absolute atomic E-state index is 10.4. The molecule has 18 heavy (non-hydrogen) atoms. The fraction of sp³-hybridized carbons (Fsp3) is 0.923. The highest BCUT2D eigenvalue weighted by atomic mass is 35.5. The molecule has 108 valence electrons. The molecule has 1 atom stereocenters. The van der Waals surface area contributed by atoms with Gasteiger partial charge in [0.2, 0.25) is 0 Å². The first kappa shape index (κ1) is 17.7. The van der Waals surface area contributed by atoms with E-state index in [0.717, 1.165) is 45.5 Å². The fourth-order valence-corrected chi connectivity index (χ4v) is 2.08. The first-order valence-electron chi connectivity index (χ1n) is 6.63. The van der Waals surface area contributed by atoms with Crippen molar-refractivity contribution in [2.45, 2.75) is 45.6 Å². The van der Waals surface area contributed by atoms with Gasteiger partial charge in [0.1, 0.15) is 0 Å². The van der Waals surface area contributed by atoms with Crippen molar-refractivity contribution in [2.24, 2.45) is 5.92 Å². The van der Waals surface area contributed by atoms with Crippen LogP contribution in [0.1, 0.15) is 39.5 Å². The summed E-state index contributed by atoms with van der Waals surface area (Å²) in [6.45, 7) is 8.29. The molecule has 1 unspecified atom stereocenters. The van der Waals surface area contributed by atoms with Gasteiger partial charge >= 0.3 is 5.97 Å². The molecule has 0 aliphatic carbocycles. The van der Waals surface area contributed by atoms with E-state index in [9.17, 15) is 4.79 Å². The fourth-order valence-electron chi connectivity index (χ4n) is 2.08. The summed E-state index contributed by atoms with van der Waals surface area (Å²) in [7, 11) is 0. The minimum atomic E-state index is -0.690. The number of halogens is 1. The summed E-state index contributed by atoms with van der Waals surface area (Å²) in [5, 5.41) is 8.54. The number of nitrogens with zero attached hydrogens (tertiary/aromatic N) is 1. The number of ether oxygens (including phenoxy) is 1. The van der Waals surface area contributed by atoms with Crippen molar-refractivity contribution in [3.8, 4) is 0 Å². The monoisotopic (exact) mass is 279 g/mol. The van der Waals surface area contributed by atoms with Crippen LogP contribution in [-0.4, -0.2) is 48.3 Å². The molecule has 0 aromatic rings. The van der Waals surface area contributed by atoms with Gasteiger partial charge in [0.05, 0.1) is 6.10 Å². The van der Waals surface area contributed by atoms with Crippen LogP contribution >= 0.6 is 12.4 Å². The maximum Gasteiger partial charge on any atom is 0.303 e. The Morgan fingerprint density at radius 2 is 2.17 bits per heavy atom. The lowest BCUT2D eigenvalue weighted by atomic mass is 10.2. The van der Waals surface area contributed by atoms with E-state index in [1.54, 1.807) is 0 Å². The van der Waals surface area contributed by atoms with E-state index in [-0.39, 0.29) is 12.4 Å². The van der Waals surface area contributed by atoms with E-state index in [1.807, 2.05) is 0 Å². The zero-order valence-electron chi connectivity index (χ0n) is 11.4. The van der Waals surface area contributed by atoms with Crippen molar-refractivity contribution in [2.75, 3.05) is 26.2 Å². The molecule has 5 heteroatoms. The second-order valence-corrected chi connectivity index (χ2v) is 5.29. The summed E-state index contributed by atoms with van der Waals surface area (Å²) in [5.74, 6) is -0.0934. The molecule has 4 nitrogen and oxygen atoms in total. The number of hydrogen-bond acceptors (Lipinski definition) is 3. The van der Waals surface area contributed by atoms with Crippen molar-refractivity contribution in [1.82, 2.24) is 4.90 Å². The van der Waals surface area contributed by atoms with Crippen LogP contribution in [-0.2, 0) is 9.53 Å². The smallest absolute Gasteiger partial charge is 0.303 e. The predicted octanol–water partition coefficient (Wildman–Crippen LogP) is 2.41. The Labute approximate surface area is 116 Å². The summed E-state index contributed by atoms with van der Waals surface area (Å²) in [4.78, 5) is 12.7. The van der Waals surface area contributed by atoms with E-state index >= 15 is 0 Å². The summed E-state index contributed by atoms with van der Waals surface area (Å²) >= 11 is 0. The number of hydrogen-bond donors (Lipinski definition) is 1. The average Bonchev–Trinajstić information content (AvgIpc) is 2.69. The van der Waals surface area contributed by atoms with E-state index < -0.39 is 5.97 Å². The molecule has 1 aliphatic rings. The molecule has 0 aromatic heterocycles. The third-order valence-corrected chi connectivity index (χ3v) is 3.01. The second-order valence-electron chi connectivity index (χ2n) is 5.29. The van der Waals surface area contributed by atoms with Crippen LogP contribution in [0.3, 0.4) is 0 Å². The molecular formula is C13H26ClNO3. The van der Waals surface area contributed by atoms with Gasteiger partial charge in [-0.2, -0.15) is 0 Å². The van der Waals surface area contributed by atoms with Crippen LogP contribution in [0.5, 0.6) is 0 Å². The molecule has 1 aliphatic heterocycles. The van der Waals surface area contributed by atoms with Crippen LogP contribution in [0.4, 0.5) is 0 Å². The Kier molecular flexibility index (Phi) is 9.42. The Bertz CT molecular complexity index is 236. The number of carboxylic acids is 1. The van der Waals surface area contributed by atoms with Crippen molar-refractivity contribution in [3.05, 3.63) is 0 Å². The second kappa shape index (κ2) is 9.59. The number of carbonyl (C=O) groups is 1. The van der Waals surface area contributed by atoms with Gasteiger partial charge in [0.25, 0.3) is 0 Å². The molecule has 0 spiro atoms. The molecule has 0 saturated carbocycles. The zero-order chi connectivity index (χ0) is 12.7. The standard InChI is InChI=1S/C13H25NO3.ClH/c1-11(2)10-17-12-6-8-14(9-12)7-4-3-5-13(15)16;/h11-12H,3-10H2,1-2H3,(H,15,16);1H. The molecule has 1 fully saturated rings. The summed E-state index contributed by atoms with van der Waals surface area (Å²) < 4.78 is 5.80. The first-order valence-corrected chi connectivity index (χ1v) is 6.63. The van der Waals surface area contributed by atoms with Crippen LogP contribution < -0.4 is 0 Å². The third kappa shape index (κ3) is 7.90. The zero-order valence-corrected chi connectivity index (χ0v) is 12.2. The molecule has 1 heterocycles. The topological polar surface area (TPSA) is 49.8 Å². The number of rotatable bonds is 8. The molecule has 0 aromatic carbocycles. The van der Waals surface area contributed by atoms with Gasteiger partial charge in [0.15, 0.2) is 0 Å². The summed E-state index contributed by atoms with van der Waals surface area (Å²) in [6, 6.07) is 0. The van der Waals surface area contributed by atoms with Gasteiger partial charge in [-0.05, 0) is 31.7 Å². The highest BCUT2D eigenvalue weighted by molar-refractivity contribution is 5.85. The number of unbranched alkanes of at least 4 members (excludes halogenated alkanes) is 1. The van der Waals surface area contributed by atoms with Crippen molar-refractivity contribution >= 4 is 18.4 Å². The first-order chi connectivity index (χ1) is 8.08. The summed E-state index contributed by atoms with van der Waals surface area (Å²) in [6.07, 6.45) is 3.55. The van der Waals surface area contributed by atoms with Crippen LogP contribution in [0.15, 0.2) is 0 Å². The number of aliphatic carboxylic acids is 1. The van der Waals surface area contributed by atoms with Crippen molar-refractivity contribution in [1.29, 1.82) is 0 Å². The largest absolute Gasteiger partial charge is 0.481 e. The van der Waals surface area contributed by atoms with Crippen molar-refractivity contribution < 1.29 is 14.6 Å². The van der Waals surface area contributed by atoms with E-state index in [2.05, 4.69) is 18.7 Å². The lowest BCUT2D eigenvalue weighted by Gasteiger charge is -2.16. The quantitative estimate of drug-likeness (QED) is 0.693. The molecule has 1 N–H and O–H groups in total. The molecule has 0 bridgehead atoms. The van der Waals surface area contributed by atoms with Gasteiger partial charge in [-0.3, -0.25) is 4.79 Å². The van der Waals surface area contributed by atoms with Gasteiger partial charge in [-0.15, -0.1) is 12.4 Å². The lowest BCUT2D eigenvalue weighted by Crippen LogP contribution is -2.25. The number of likely N-dealkylation sites (tertiary alicyclic amines) is 1. The Hall–Kier alpha value is -0.320. The maximum atomic E-state index is 10.4. The predicted molar refractivity (Wildman–Crippen MR) is 74.4 cm³/mol. The minimum absolute atomic E-state index is 0. The lowest BCUT2D eigenvalue weighted by molar-refractivity contribution is -0.137. The Balaban J connectivity index is 0.00000289. The van der Waals surface area contributed by atoms with Crippen LogP contribution in [0, 0.1) is 5.92 Å². The highest BCUT2D eigenvalue weighted by Crippen LogP contribution is 2.14. The van der Waals surface area contributed by atoms with Gasteiger partial charge < -0.3 is 14.7 Å². The van der Waals surface area contributed by atoms with Gasteiger partial charge in [-0.1, -0.05) is 13.8 Å². The van der Waals surface area contributed by atoms with Gasteiger partial charge in [-0.25, -0.2) is 0 Å². The molecular weight excluding hydrogens is 254 g/mol. The van der Waals surface area contributed by atoms with E-state index in [1.165, 1.54) is 0 Å². The number of carboxylic acid groups (broad SMARTS) is 1. The Morgan fingerprint density at radius 1 is 1.44 bits per heavy atom. The molecule has 0 amide bonds. The molecule has 1 saturated heterocycles. The summed E-state index contributed by atoms with van der Waals surface area (Å²) in [5.41, 5.74) is 0. The molecule has 0 radical (unpaired) electrons. The normalized spacial score (nSPS) is 20.1. The highest BCUT2D eigenvalue weighted by Gasteiger charge is 2.22. The van der Waals surface area contributed by atoms with Crippen LogP contribution in [0.2, 0.25) is 0 Å².